The van der Waals surface area contributed by atoms with Crippen LogP contribution in [0.15, 0.2) is 24.3 Å². The zero-order chi connectivity index (χ0) is 14.5. The van der Waals surface area contributed by atoms with Gasteiger partial charge in [-0.2, -0.15) is 0 Å². The molecule has 1 fully saturated rings. The summed E-state index contributed by atoms with van der Waals surface area (Å²) >= 11 is 0. The summed E-state index contributed by atoms with van der Waals surface area (Å²) in [4.78, 5) is 14.3. The molecule has 2 atom stereocenters. The summed E-state index contributed by atoms with van der Waals surface area (Å²) in [6, 6.07) is 7.20. The van der Waals surface area contributed by atoms with E-state index in [1.54, 1.807) is 12.1 Å². The summed E-state index contributed by atoms with van der Waals surface area (Å²) in [7, 11) is 0. The van der Waals surface area contributed by atoms with Crippen molar-refractivity contribution < 1.29 is 9.18 Å². The van der Waals surface area contributed by atoms with Crippen molar-refractivity contribution in [3.63, 3.8) is 0 Å². The molecule has 0 radical (unpaired) electrons. The molecule has 0 saturated carbocycles. The van der Waals surface area contributed by atoms with E-state index in [0.29, 0.717) is 18.6 Å². The highest BCUT2D eigenvalue weighted by atomic mass is 19.1. The number of hydrogen-bond acceptors (Lipinski definition) is 2. The Morgan fingerprint density at radius 1 is 1.30 bits per heavy atom. The third-order valence-corrected chi connectivity index (χ3v) is 4.15. The molecule has 2 rings (SSSR count). The lowest BCUT2D eigenvalue weighted by atomic mass is 9.98. The number of hydrogen-bond donors (Lipinski definition) is 1. The zero-order valence-corrected chi connectivity index (χ0v) is 12.2. The smallest absolute Gasteiger partial charge is 0.254 e. The zero-order valence-electron chi connectivity index (χ0n) is 12.2. The average molecular weight is 278 g/mol. The second-order valence-electron chi connectivity index (χ2n) is 5.60. The van der Waals surface area contributed by atoms with Crippen LogP contribution in [0.3, 0.4) is 0 Å². The molecule has 1 aliphatic heterocycles. The third-order valence-electron chi connectivity index (χ3n) is 4.15. The maximum atomic E-state index is 13.5. The van der Waals surface area contributed by atoms with Crippen LogP contribution in [-0.2, 0) is 0 Å². The Morgan fingerprint density at radius 2 is 1.95 bits per heavy atom. The van der Waals surface area contributed by atoms with Crippen LogP contribution in [0.2, 0.25) is 0 Å². The molecule has 0 aliphatic carbocycles. The van der Waals surface area contributed by atoms with Gasteiger partial charge in [0.05, 0.1) is 5.56 Å². The minimum Gasteiger partial charge on any atom is -0.351 e. The standard InChI is InChI=1S/C16H23FN2O/c1-12-6-5-7-13(2)19(12)11-10-18-16(20)14-8-3-4-9-15(14)17/h3-4,8-9,12-13H,5-7,10-11H2,1-2H3,(H,18,20). The Bertz CT molecular complexity index is 454. The fraction of sp³-hybridized carbons (Fsp3) is 0.562. The van der Waals surface area contributed by atoms with Gasteiger partial charge < -0.3 is 5.32 Å². The van der Waals surface area contributed by atoms with E-state index < -0.39 is 5.82 Å². The number of carbonyl (C=O) groups excluding carboxylic acids is 1. The van der Waals surface area contributed by atoms with Crippen LogP contribution in [0.4, 0.5) is 4.39 Å². The fourth-order valence-corrected chi connectivity index (χ4v) is 2.95. The Balaban J connectivity index is 1.84. The molecule has 1 heterocycles. The summed E-state index contributed by atoms with van der Waals surface area (Å²) in [5, 5.41) is 2.81. The molecular formula is C16H23FN2O. The summed E-state index contributed by atoms with van der Waals surface area (Å²) in [6.07, 6.45) is 3.71. The van der Waals surface area contributed by atoms with Gasteiger partial charge in [-0.15, -0.1) is 0 Å². The van der Waals surface area contributed by atoms with Gasteiger partial charge in [-0.1, -0.05) is 18.6 Å². The van der Waals surface area contributed by atoms with Crippen molar-refractivity contribution in [1.82, 2.24) is 10.2 Å². The second kappa shape index (κ2) is 6.84. The first-order chi connectivity index (χ1) is 9.59. The van der Waals surface area contributed by atoms with Gasteiger partial charge in [0, 0.05) is 25.2 Å². The molecule has 0 spiro atoms. The van der Waals surface area contributed by atoms with Crippen molar-refractivity contribution in [1.29, 1.82) is 0 Å². The molecule has 1 N–H and O–H groups in total. The van der Waals surface area contributed by atoms with E-state index in [1.165, 1.54) is 31.4 Å². The summed E-state index contributed by atoms with van der Waals surface area (Å²) < 4.78 is 13.5. The highest BCUT2D eigenvalue weighted by Gasteiger charge is 2.24. The molecule has 4 heteroatoms. The molecule has 20 heavy (non-hydrogen) atoms. The summed E-state index contributed by atoms with van der Waals surface area (Å²) in [5.74, 6) is -0.801. The number of halogens is 1. The molecule has 1 amide bonds. The SMILES string of the molecule is CC1CCCC(C)N1CCNC(=O)c1ccccc1F. The number of piperidine rings is 1. The first-order valence-electron chi connectivity index (χ1n) is 7.38. The monoisotopic (exact) mass is 278 g/mol. The van der Waals surface area contributed by atoms with Crippen LogP contribution in [0.25, 0.3) is 0 Å². The molecule has 1 aliphatic rings. The van der Waals surface area contributed by atoms with Crippen molar-refractivity contribution in [3.8, 4) is 0 Å². The van der Waals surface area contributed by atoms with Gasteiger partial charge in [-0.05, 0) is 38.8 Å². The van der Waals surface area contributed by atoms with Gasteiger partial charge in [0.2, 0.25) is 0 Å². The lowest BCUT2D eigenvalue weighted by Gasteiger charge is -2.39. The number of carbonyl (C=O) groups is 1. The van der Waals surface area contributed by atoms with Gasteiger partial charge in [0.1, 0.15) is 5.82 Å². The Kier molecular flexibility index (Phi) is 5.12. The molecule has 0 aromatic heterocycles. The van der Waals surface area contributed by atoms with E-state index in [2.05, 4.69) is 24.1 Å². The van der Waals surface area contributed by atoms with E-state index in [0.717, 1.165) is 6.54 Å². The highest BCUT2D eigenvalue weighted by Crippen LogP contribution is 2.21. The Morgan fingerprint density at radius 3 is 2.60 bits per heavy atom. The third kappa shape index (κ3) is 3.57. The van der Waals surface area contributed by atoms with Gasteiger partial charge in [0.25, 0.3) is 5.91 Å². The van der Waals surface area contributed by atoms with E-state index in [1.807, 2.05) is 0 Å². The number of rotatable bonds is 4. The van der Waals surface area contributed by atoms with Gasteiger partial charge in [-0.25, -0.2) is 4.39 Å². The quantitative estimate of drug-likeness (QED) is 0.918. The first-order valence-corrected chi connectivity index (χ1v) is 7.38. The van der Waals surface area contributed by atoms with E-state index in [9.17, 15) is 9.18 Å². The van der Waals surface area contributed by atoms with Crippen LogP contribution in [0.5, 0.6) is 0 Å². The van der Waals surface area contributed by atoms with Crippen LogP contribution >= 0.6 is 0 Å². The van der Waals surface area contributed by atoms with Crippen LogP contribution in [-0.4, -0.2) is 36.0 Å². The van der Waals surface area contributed by atoms with Crippen molar-refractivity contribution in [2.45, 2.75) is 45.2 Å². The molecule has 1 aromatic carbocycles. The van der Waals surface area contributed by atoms with Gasteiger partial charge in [-0.3, -0.25) is 9.69 Å². The molecule has 1 aromatic rings. The maximum Gasteiger partial charge on any atom is 0.254 e. The first kappa shape index (κ1) is 15.0. The Hall–Kier alpha value is -1.42. The highest BCUT2D eigenvalue weighted by molar-refractivity contribution is 5.94. The lowest BCUT2D eigenvalue weighted by Crippen LogP contribution is -2.47. The maximum absolute atomic E-state index is 13.5. The minimum atomic E-state index is -0.468. The van der Waals surface area contributed by atoms with E-state index in [4.69, 9.17) is 0 Å². The summed E-state index contributed by atoms with van der Waals surface area (Å²) in [6.45, 7) is 5.84. The molecule has 110 valence electrons. The summed E-state index contributed by atoms with van der Waals surface area (Å²) in [5.41, 5.74) is 0.118. The largest absolute Gasteiger partial charge is 0.351 e. The van der Waals surface area contributed by atoms with Gasteiger partial charge in [0.15, 0.2) is 0 Å². The van der Waals surface area contributed by atoms with Crippen molar-refractivity contribution in [2.24, 2.45) is 0 Å². The molecule has 1 saturated heterocycles. The van der Waals surface area contributed by atoms with Crippen molar-refractivity contribution in [3.05, 3.63) is 35.6 Å². The van der Waals surface area contributed by atoms with Crippen molar-refractivity contribution >= 4 is 5.91 Å². The Labute approximate surface area is 120 Å². The van der Waals surface area contributed by atoms with E-state index >= 15 is 0 Å². The molecular weight excluding hydrogens is 255 g/mol. The average Bonchev–Trinajstić information content (AvgIpc) is 2.42. The molecule has 3 nitrogen and oxygen atoms in total. The van der Waals surface area contributed by atoms with Crippen LogP contribution in [0, 0.1) is 5.82 Å². The number of nitrogens with zero attached hydrogens (tertiary/aromatic N) is 1. The van der Waals surface area contributed by atoms with Crippen LogP contribution in [0.1, 0.15) is 43.5 Å². The number of benzene rings is 1. The lowest BCUT2D eigenvalue weighted by molar-refractivity contribution is 0.0886. The number of likely N-dealkylation sites (tertiary alicyclic amines) is 1. The number of nitrogens with one attached hydrogen (secondary N) is 1. The topological polar surface area (TPSA) is 32.3 Å². The van der Waals surface area contributed by atoms with Crippen molar-refractivity contribution in [2.75, 3.05) is 13.1 Å². The van der Waals surface area contributed by atoms with Gasteiger partial charge >= 0.3 is 0 Å². The fourth-order valence-electron chi connectivity index (χ4n) is 2.95. The molecule has 0 bridgehead atoms. The van der Waals surface area contributed by atoms with E-state index in [-0.39, 0.29) is 11.5 Å². The predicted molar refractivity (Wildman–Crippen MR) is 78.2 cm³/mol. The van der Waals surface area contributed by atoms with Crippen LogP contribution < -0.4 is 5.32 Å². The predicted octanol–water partition coefficient (Wildman–Crippen LogP) is 2.82. The molecule has 2 unspecified atom stereocenters. The normalized spacial score (nSPS) is 23.6. The minimum absolute atomic E-state index is 0.118. The second-order valence-corrected chi connectivity index (χ2v) is 5.60. The number of amides is 1.